The van der Waals surface area contributed by atoms with Crippen LogP contribution in [0.3, 0.4) is 0 Å². The SMILES string of the molecule is C=CCCCCC[C+]1N=CC=N1. The van der Waals surface area contributed by atoms with Crippen molar-refractivity contribution in [2.24, 2.45) is 9.98 Å². The van der Waals surface area contributed by atoms with Crippen LogP contribution in [0, 0.1) is 6.17 Å². The smallest absolute Gasteiger partial charge is 0.103 e. The van der Waals surface area contributed by atoms with Crippen LogP contribution in [-0.4, -0.2) is 12.4 Å². The standard InChI is InChI=1S/C10H15N2/c1-2-3-4-5-6-7-10-11-8-9-12-10/h2,8-9H,1,3-7H2/q+1. The van der Waals surface area contributed by atoms with Gasteiger partial charge in [0.25, 0.3) is 0 Å². The van der Waals surface area contributed by atoms with Crippen LogP contribution in [0.1, 0.15) is 32.1 Å². The highest BCUT2D eigenvalue weighted by Crippen LogP contribution is 2.16. The largest absolute Gasteiger partial charge is 0.240 e. The van der Waals surface area contributed by atoms with Crippen LogP contribution in [-0.2, 0) is 0 Å². The van der Waals surface area contributed by atoms with Crippen molar-refractivity contribution < 1.29 is 0 Å². The highest BCUT2D eigenvalue weighted by atomic mass is 15.0. The Morgan fingerprint density at radius 1 is 1.17 bits per heavy atom. The zero-order valence-corrected chi connectivity index (χ0v) is 7.37. The summed E-state index contributed by atoms with van der Waals surface area (Å²) in [6, 6.07) is 0. The minimum absolute atomic E-state index is 0.980. The lowest BCUT2D eigenvalue weighted by Crippen LogP contribution is -1.86. The third-order valence-corrected chi connectivity index (χ3v) is 1.82. The summed E-state index contributed by atoms with van der Waals surface area (Å²) in [5.41, 5.74) is 0. The molecule has 0 aliphatic carbocycles. The van der Waals surface area contributed by atoms with Gasteiger partial charge in [-0.15, -0.1) is 6.58 Å². The van der Waals surface area contributed by atoms with Crippen LogP contribution in [0.15, 0.2) is 22.6 Å². The first-order valence-electron chi connectivity index (χ1n) is 4.47. The zero-order valence-electron chi connectivity index (χ0n) is 7.37. The van der Waals surface area contributed by atoms with Gasteiger partial charge in [-0.05, 0) is 19.3 Å². The first kappa shape index (κ1) is 9.04. The van der Waals surface area contributed by atoms with Crippen molar-refractivity contribution in [3.63, 3.8) is 0 Å². The summed E-state index contributed by atoms with van der Waals surface area (Å²) in [4.78, 5) is 8.21. The quantitative estimate of drug-likeness (QED) is 0.327. The molecule has 1 aliphatic heterocycles. The van der Waals surface area contributed by atoms with E-state index >= 15 is 0 Å². The second-order valence-corrected chi connectivity index (χ2v) is 2.86. The number of hydrogen-bond acceptors (Lipinski definition) is 2. The maximum absolute atomic E-state index is 4.10. The zero-order chi connectivity index (χ0) is 8.65. The molecule has 1 rings (SSSR count). The summed E-state index contributed by atoms with van der Waals surface area (Å²) in [5.74, 6) is 0. The van der Waals surface area contributed by atoms with Crippen LogP contribution < -0.4 is 0 Å². The number of hydrogen-bond donors (Lipinski definition) is 0. The summed E-state index contributed by atoms with van der Waals surface area (Å²) in [6.07, 6.45) is 12.3. The van der Waals surface area contributed by atoms with Gasteiger partial charge in [0.2, 0.25) is 6.17 Å². The maximum Gasteiger partial charge on any atom is 0.240 e. The topological polar surface area (TPSA) is 24.7 Å². The number of allylic oxidation sites excluding steroid dienone is 1. The van der Waals surface area contributed by atoms with E-state index in [1.807, 2.05) is 6.08 Å². The van der Waals surface area contributed by atoms with Crippen LogP contribution >= 0.6 is 0 Å². The number of rotatable bonds is 6. The third-order valence-electron chi connectivity index (χ3n) is 1.82. The lowest BCUT2D eigenvalue weighted by atomic mass is 10.1. The monoisotopic (exact) mass is 163 g/mol. The Morgan fingerprint density at radius 3 is 2.58 bits per heavy atom. The van der Waals surface area contributed by atoms with Gasteiger partial charge in [0, 0.05) is 0 Å². The molecule has 12 heavy (non-hydrogen) atoms. The van der Waals surface area contributed by atoms with Gasteiger partial charge in [0.05, 0.1) is 6.42 Å². The van der Waals surface area contributed by atoms with E-state index < -0.39 is 0 Å². The van der Waals surface area contributed by atoms with Crippen molar-refractivity contribution in [3.8, 4) is 0 Å². The first-order chi connectivity index (χ1) is 5.93. The van der Waals surface area contributed by atoms with Crippen molar-refractivity contribution in [3.05, 3.63) is 18.8 Å². The molecule has 1 aliphatic rings. The average Bonchev–Trinajstić information content (AvgIpc) is 2.57. The van der Waals surface area contributed by atoms with Crippen molar-refractivity contribution in [2.45, 2.75) is 32.1 Å². The van der Waals surface area contributed by atoms with Crippen LogP contribution in [0.2, 0.25) is 0 Å². The predicted octanol–water partition coefficient (Wildman–Crippen LogP) is 2.77. The average molecular weight is 163 g/mol. The normalized spacial score (nSPS) is 14.2. The molecular weight excluding hydrogens is 148 g/mol. The van der Waals surface area contributed by atoms with E-state index in [1.165, 1.54) is 19.3 Å². The molecule has 2 heteroatoms. The Hall–Kier alpha value is -1.05. The molecule has 0 spiro atoms. The van der Waals surface area contributed by atoms with Gasteiger partial charge in [-0.3, -0.25) is 0 Å². The van der Waals surface area contributed by atoms with E-state index in [-0.39, 0.29) is 0 Å². The van der Waals surface area contributed by atoms with Gasteiger partial charge in [0.1, 0.15) is 0 Å². The van der Waals surface area contributed by atoms with Gasteiger partial charge in [0.15, 0.2) is 12.4 Å². The lowest BCUT2D eigenvalue weighted by molar-refractivity contribution is 0.647. The fraction of sp³-hybridized carbons (Fsp3) is 0.500. The molecule has 0 saturated carbocycles. The molecule has 1 heterocycles. The molecule has 2 nitrogen and oxygen atoms in total. The number of aliphatic imine (C=N–C) groups is 2. The Bertz CT molecular complexity index is 170. The molecular formula is C10H15N2+. The molecule has 64 valence electrons. The summed E-state index contributed by atoms with van der Waals surface area (Å²) in [7, 11) is 0. The first-order valence-corrected chi connectivity index (χ1v) is 4.47. The predicted molar refractivity (Wildman–Crippen MR) is 53.5 cm³/mol. The molecule has 0 saturated heterocycles. The molecule has 0 aromatic heterocycles. The van der Waals surface area contributed by atoms with Crippen molar-refractivity contribution in [2.75, 3.05) is 0 Å². The highest BCUT2D eigenvalue weighted by molar-refractivity contribution is 6.18. The Morgan fingerprint density at radius 2 is 1.92 bits per heavy atom. The van der Waals surface area contributed by atoms with Crippen LogP contribution in [0.4, 0.5) is 0 Å². The second kappa shape index (κ2) is 5.58. The molecule has 0 unspecified atom stereocenters. The fourth-order valence-corrected chi connectivity index (χ4v) is 1.15. The summed E-state index contributed by atoms with van der Waals surface area (Å²) >= 11 is 0. The summed E-state index contributed by atoms with van der Waals surface area (Å²) in [5, 5.41) is 0. The number of unbranched alkanes of at least 4 members (excludes halogenated alkanes) is 3. The van der Waals surface area contributed by atoms with Crippen LogP contribution in [0.25, 0.3) is 0 Å². The Kier molecular flexibility index (Phi) is 4.21. The minimum atomic E-state index is 0.980. The van der Waals surface area contributed by atoms with Gasteiger partial charge in [-0.25, -0.2) is 0 Å². The van der Waals surface area contributed by atoms with Crippen molar-refractivity contribution in [1.82, 2.24) is 0 Å². The van der Waals surface area contributed by atoms with E-state index in [2.05, 4.69) is 16.6 Å². The van der Waals surface area contributed by atoms with Crippen molar-refractivity contribution >= 4 is 12.4 Å². The molecule has 0 fully saturated rings. The van der Waals surface area contributed by atoms with E-state index in [4.69, 9.17) is 0 Å². The minimum Gasteiger partial charge on any atom is -0.103 e. The van der Waals surface area contributed by atoms with Gasteiger partial charge < -0.3 is 0 Å². The highest BCUT2D eigenvalue weighted by Gasteiger charge is 2.13. The molecule has 0 atom stereocenters. The van der Waals surface area contributed by atoms with Gasteiger partial charge in [-0.1, -0.05) is 22.5 Å². The molecule has 0 N–H and O–H groups in total. The van der Waals surface area contributed by atoms with E-state index in [9.17, 15) is 0 Å². The third kappa shape index (κ3) is 3.37. The molecule has 0 bridgehead atoms. The number of nitrogens with zero attached hydrogens (tertiary/aromatic N) is 2. The molecule has 0 amide bonds. The Labute approximate surface area is 74.1 Å². The summed E-state index contributed by atoms with van der Waals surface area (Å²) < 4.78 is 0. The van der Waals surface area contributed by atoms with Crippen LogP contribution in [0.5, 0.6) is 0 Å². The van der Waals surface area contributed by atoms with E-state index in [0.717, 1.165) is 19.0 Å². The maximum atomic E-state index is 4.10. The molecule has 0 radical (unpaired) electrons. The molecule has 0 aromatic carbocycles. The molecule has 0 aromatic rings. The fourth-order valence-electron chi connectivity index (χ4n) is 1.15. The van der Waals surface area contributed by atoms with E-state index in [1.54, 1.807) is 12.4 Å². The lowest BCUT2D eigenvalue weighted by Gasteiger charge is -1.96. The van der Waals surface area contributed by atoms with E-state index in [0.29, 0.717) is 0 Å². The summed E-state index contributed by atoms with van der Waals surface area (Å²) in [6.45, 7) is 3.68. The Balaban J connectivity index is 1.92. The van der Waals surface area contributed by atoms with Gasteiger partial charge >= 0.3 is 0 Å². The van der Waals surface area contributed by atoms with Crippen molar-refractivity contribution in [1.29, 1.82) is 0 Å². The second-order valence-electron chi connectivity index (χ2n) is 2.86. The van der Waals surface area contributed by atoms with Gasteiger partial charge in [-0.2, -0.15) is 0 Å².